The Morgan fingerprint density at radius 2 is 2.00 bits per heavy atom. The Bertz CT molecular complexity index is 1140. The summed E-state index contributed by atoms with van der Waals surface area (Å²) in [6, 6.07) is 5.92. The van der Waals surface area contributed by atoms with Crippen LogP contribution in [0.4, 0.5) is 13.2 Å². The minimum absolute atomic E-state index is 0.121. The van der Waals surface area contributed by atoms with Gasteiger partial charge in [0, 0.05) is 24.6 Å². The molecule has 1 amide bonds. The van der Waals surface area contributed by atoms with Crippen molar-refractivity contribution >= 4 is 11.7 Å². The number of benzene rings is 1. The zero-order valence-corrected chi connectivity index (χ0v) is 17.0. The van der Waals surface area contributed by atoms with E-state index < -0.39 is 6.43 Å². The summed E-state index contributed by atoms with van der Waals surface area (Å²) in [7, 11) is 0. The lowest BCUT2D eigenvalue weighted by atomic mass is 9.84. The van der Waals surface area contributed by atoms with Gasteiger partial charge in [-0.15, -0.1) is 0 Å². The lowest BCUT2D eigenvalue weighted by Gasteiger charge is -2.37. The van der Waals surface area contributed by atoms with Crippen molar-refractivity contribution in [2.75, 3.05) is 13.1 Å². The van der Waals surface area contributed by atoms with Crippen LogP contribution in [0.5, 0.6) is 0 Å². The molecule has 2 atom stereocenters. The van der Waals surface area contributed by atoms with Crippen molar-refractivity contribution in [3.8, 4) is 0 Å². The second-order valence-electron chi connectivity index (χ2n) is 8.51. The van der Waals surface area contributed by atoms with Gasteiger partial charge >= 0.3 is 0 Å². The van der Waals surface area contributed by atoms with Gasteiger partial charge in [0.2, 0.25) is 0 Å². The molecule has 0 unspecified atom stereocenters. The standard InChI is InChI=1S/C22H22F3N5O/c1-12-6-7-29(21(31)14-4-5-17(23)15(8-14)13-2-3-13)10-16(12)19-9-18(20(24)25)28-22-26-11-27-30(19)22/h4-5,8-9,11-13,16,20H,2-3,6-7,10H2,1H3/t12-,16-/m1/s1. The molecule has 5 rings (SSSR count). The fraction of sp³-hybridized carbons (Fsp3) is 0.455. The average molecular weight is 429 g/mol. The van der Waals surface area contributed by atoms with Crippen LogP contribution in [0.25, 0.3) is 5.78 Å². The molecule has 9 heteroatoms. The van der Waals surface area contributed by atoms with Crippen LogP contribution >= 0.6 is 0 Å². The van der Waals surface area contributed by atoms with Crippen molar-refractivity contribution in [2.45, 2.75) is 44.4 Å². The highest BCUT2D eigenvalue weighted by atomic mass is 19.3. The first-order chi connectivity index (χ1) is 14.9. The minimum atomic E-state index is -2.72. The number of hydrogen-bond donors (Lipinski definition) is 0. The van der Waals surface area contributed by atoms with Gasteiger partial charge < -0.3 is 4.90 Å². The Balaban J connectivity index is 1.46. The fourth-order valence-corrected chi connectivity index (χ4v) is 4.44. The van der Waals surface area contributed by atoms with Crippen molar-refractivity contribution in [3.05, 3.63) is 58.9 Å². The van der Waals surface area contributed by atoms with Crippen molar-refractivity contribution < 1.29 is 18.0 Å². The summed E-state index contributed by atoms with van der Waals surface area (Å²) in [5, 5.41) is 4.16. The van der Waals surface area contributed by atoms with E-state index in [0.717, 1.165) is 19.3 Å². The summed E-state index contributed by atoms with van der Waals surface area (Å²) in [5.74, 6) is -0.167. The lowest BCUT2D eigenvalue weighted by molar-refractivity contribution is 0.0665. The molecule has 3 aromatic rings. The molecule has 0 N–H and O–H groups in total. The highest BCUT2D eigenvalue weighted by Crippen LogP contribution is 2.42. The molecule has 0 spiro atoms. The van der Waals surface area contributed by atoms with E-state index in [-0.39, 0.29) is 40.9 Å². The van der Waals surface area contributed by atoms with Gasteiger partial charge in [-0.25, -0.2) is 22.7 Å². The number of amides is 1. The third-order valence-electron chi connectivity index (χ3n) is 6.41. The highest BCUT2D eigenvalue weighted by Gasteiger charge is 2.34. The number of halogens is 3. The van der Waals surface area contributed by atoms with E-state index in [1.807, 2.05) is 6.92 Å². The summed E-state index contributed by atoms with van der Waals surface area (Å²) >= 11 is 0. The Morgan fingerprint density at radius 1 is 1.19 bits per heavy atom. The van der Waals surface area contributed by atoms with Gasteiger partial charge in [0.05, 0.1) is 5.69 Å². The largest absolute Gasteiger partial charge is 0.338 e. The zero-order chi connectivity index (χ0) is 21.7. The Morgan fingerprint density at radius 3 is 2.74 bits per heavy atom. The molecule has 3 heterocycles. The maximum atomic E-state index is 14.1. The van der Waals surface area contributed by atoms with Gasteiger partial charge in [0.1, 0.15) is 17.8 Å². The summed E-state index contributed by atoms with van der Waals surface area (Å²) in [6.45, 7) is 2.96. The number of fused-ring (bicyclic) bond motifs is 1. The molecule has 31 heavy (non-hydrogen) atoms. The van der Waals surface area contributed by atoms with E-state index in [4.69, 9.17) is 0 Å². The molecule has 1 saturated carbocycles. The summed E-state index contributed by atoms with van der Waals surface area (Å²) in [6.07, 6.45) is 1.17. The monoisotopic (exact) mass is 429 g/mol. The first-order valence-corrected chi connectivity index (χ1v) is 10.5. The van der Waals surface area contributed by atoms with Crippen LogP contribution in [0, 0.1) is 11.7 Å². The molecule has 1 aliphatic heterocycles. The number of hydrogen-bond acceptors (Lipinski definition) is 4. The third kappa shape index (κ3) is 3.66. The first-order valence-electron chi connectivity index (χ1n) is 10.5. The lowest BCUT2D eigenvalue weighted by Crippen LogP contribution is -2.42. The Labute approximate surface area is 177 Å². The molecule has 0 radical (unpaired) electrons. The minimum Gasteiger partial charge on any atom is -0.338 e. The van der Waals surface area contributed by atoms with Crippen LogP contribution in [-0.2, 0) is 0 Å². The quantitative estimate of drug-likeness (QED) is 0.619. The van der Waals surface area contributed by atoms with Gasteiger partial charge in [0.25, 0.3) is 18.1 Å². The predicted octanol–water partition coefficient (Wildman–Crippen LogP) is 4.34. The molecule has 2 aromatic heterocycles. The number of carbonyl (C=O) groups is 1. The summed E-state index contributed by atoms with van der Waals surface area (Å²) in [4.78, 5) is 22.8. The zero-order valence-electron chi connectivity index (χ0n) is 17.0. The smallest absolute Gasteiger partial charge is 0.280 e. The maximum Gasteiger partial charge on any atom is 0.280 e. The molecule has 1 aromatic carbocycles. The van der Waals surface area contributed by atoms with Crippen LogP contribution in [-0.4, -0.2) is 43.5 Å². The third-order valence-corrected chi connectivity index (χ3v) is 6.41. The Hall–Kier alpha value is -2.97. The SMILES string of the molecule is C[C@@H]1CCN(C(=O)c2ccc(F)c(C3CC3)c2)C[C@H]1c1cc(C(F)F)nc2ncnn12. The molecular formula is C22H22F3N5O. The second kappa shape index (κ2) is 7.62. The number of alkyl halides is 2. The molecule has 2 fully saturated rings. The maximum absolute atomic E-state index is 14.1. The van der Waals surface area contributed by atoms with Crippen LogP contribution in [0.3, 0.4) is 0 Å². The normalized spacial score (nSPS) is 21.8. The van der Waals surface area contributed by atoms with Crippen LogP contribution in [0.1, 0.15) is 71.8 Å². The van der Waals surface area contributed by atoms with Crippen molar-refractivity contribution in [2.24, 2.45) is 5.92 Å². The van der Waals surface area contributed by atoms with Gasteiger partial charge in [-0.05, 0) is 60.9 Å². The van der Waals surface area contributed by atoms with E-state index in [2.05, 4.69) is 15.1 Å². The molecule has 0 bridgehead atoms. The molecule has 1 aliphatic carbocycles. The Kier molecular flexibility index (Phi) is 4.91. The van der Waals surface area contributed by atoms with Crippen molar-refractivity contribution in [1.82, 2.24) is 24.5 Å². The van der Waals surface area contributed by atoms with E-state index in [0.29, 0.717) is 29.9 Å². The van der Waals surface area contributed by atoms with Crippen molar-refractivity contribution in [3.63, 3.8) is 0 Å². The number of piperidine rings is 1. The average Bonchev–Trinajstić information content (AvgIpc) is 3.49. The van der Waals surface area contributed by atoms with Gasteiger partial charge in [-0.3, -0.25) is 4.79 Å². The van der Waals surface area contributed by atoms with E-state index in [1.54, 1.807) is 11.0 Å². The van der Waals surface area contributed by atoms with E-state index >= 15 is 0 Å². The van der Waals surface area contributed by atoms with Gasteiger partial charge in [-0.1, -0.05) is 6.92 Å². The summed E-state index contributed by atoms with van der Waals surface area (Å²) in [5.41, 5.74) is 1.29. The van der Waals surface area contributed by atoms with E-state index in [1.165, 1.54) is 29.0 Å². The highest BCUT2D eigenvalue weighted by molar-refractivity contribution is 5.94. The number of carbonyl (C=O) groups excluding carboxylic acids is 1. The number of likely N-dealkylation sites (tertiary alicyclic amines) is 1. The number of aromatic nitrogens is 4. The molecule has 1 saturated heterocycles. The molecular weight excluding hydrogens is 407 g/mol. The van der Waals surface area contributed by atoms with Crippen LogP contribution < -0.4 is 0 Å². The van der Waals surface area contributed by atoms with Crippen LogP contribution in [0.2, 0.25) is 0 Å². The van der Waals surface area contributed by atoms with Gasteiger partial charge in [-0.2, -0.15) is 10.1 Å². The summed E-state index contributed by atoms with van der Waals surface area (Å²) < 4.78 is 42.4. The van der Waals surface area contributed by atoms with E-state index in [9.17, 15) is 18.0 Å². The van der Waals surface area contributed by atoms with Crippen LogP contribution in [0.15, 0.2) is 30.6 Å². The molecule has 2 aliphatic rings. The molecule has 162 valence electrons. The van der Waals surface area contributed by atoms with Crippen molar-refractivity contribution in [1.29, 1.82) is 0 Å². The number of nitrogens with zero attached hydrogens (tertiary/aromatic N) is 5. The molecule has 6 nitrogen and oxygen atoms in total. The first kappa shape index (κ1) is 20.0. The van der Waals surface area contributed by atoms with Gasteiger partial charge in [0.15, 0.2) is 0 Å². The fourth-order valence-electron chi connectivity index (χ4n) is 4.44. The topological polar surface area (TPSA) is 63.4 Å². The predicted molar refractivity (Wildman–Crippen MR) is 107 cm³/mol. The number of rotatable bonds is 4. The second-order valence-corrected chi connectivity index (χ2v) is 8.51.